The van der Waals surface area contributed by atoms with Gasteiger partial charge in [0.25, 0.3) is 0 Å². The SMILES string of the molecule is CC(NC(=O)N1CCN(c2ccccn2)CC1)C(=O)NCc1ccco1. The lowest BCUT2D eigenvalue weighted by molar-refractivity contribution is -0.122. The molecule has 2 N–H and O–H groups in total. The first kappa shape index (κ1) is 17.8. The highest BCUT2D eigenvalue weighted by Gasteiger charge is 2.24. The molecule has 1 aliphatic heterocycles. The van der Waals surface area contributed by atoms with E-state index in [9.17, 15) is 9.59 Å². The van der Waals surface area contributed by atoms with Gasteiger partial charge in [0, 0.05) is 32.4 Å². The topological polar surface area (TPSA) is 90.7 Å². The summed E-state index contributed by atoms with van der Waals surface area (Å²) in [4.78, 5) is 32.7. The predicted octanol–water partition coefficient (Wildman–Crippen LogP) is 1.21. The second-order valence-electron chi connectivity index (χ2n) is 6.13. The van der Waals surface area contributed by atoms with Crippen molar-refractivity contribution in [2.24, 2.45) is 0 Å². The number of amides is 3. The van der Waals surface area contributed by atoms with Gasteiger partial charge >= 0.3 is 6.03 Å². The van der Waals surface area contributed by atoms with Crippen LogP contribution in [0, 0.1) is 0 Å². The molecule has 0 aliphatic carbocycles. The summed E-state index contributed by atoms with van der Waals surface area (Å²) in [6.45, 7) is 4.56. The van der Waals surface area contributed by atoms with Crippen molar-refractivity contribution in [3.63, 3.8) is 0 Å². The van der Waals surface area contributed by atoms with Crippen molar-refractivity contribution >= 4 is 17.8 Å². The van der Waals surface area contributed by atoms with E-state index in [0.29, 0.717) is 38.5 Å². The molecule has 1 fully saturated rings. The Bertz CT molecular complexity index is 712. The zero-order valence-electron chi connectivity index (χ0n) is 14.7. The molecular weight excluding hydrogens is 334 g/mol. The van der Waals surface area contributed by atoms with Gasteiger partial charge in [-0.15, -0.1) is 0 Å². The number of carbonyl (C=O) groups is 2. The minimum atomic E-state index is -0.619. The van der Waals surface area contributed by atoms with E-state index in [1.165, 1.54) is 0 Å². The molecule has 0 aromatic carbocycles. The first-order chi connectivity index (χ1) is 12.6. The molecule has 2 aromatic heterocycles. The van der Waals surface area contributed by atoms with Crippen molar-refractivity contribution in [3.8, 4) is 0 Å². The van der Waals surface area contributed by atoms with E-state index in [4.69, 9.17) is 4.42 Å². The van der Waals surface area contributed by atoms with Crippen LogP contribution in [0.2, 0.25) is 0 Å². The smallest absolute Gasteiger partial charge is 0.318 e. The Morgan fingerprint density at radius 1 is 1.19 bits per heavy atom. The molecule has 1 saturated heterocycles. The minimum Gasteiger partial charge on any atom is -0.467 e. The second-order valence-corrected chi connectivity index (χ2v) is 6.13. The van der Waals surface area contributed by atoms with E-state index in [2.05, 4.69) is 20.5 Å². The van der Waals surface area contributed by atoms with Crippen LogP contribution in [0.5, 0.6) is 0 Å². The summed E-state index contributed by atoms with van der Waals surface area (Å²) in [6, 6.07) is 8.48. The number of aromatic nitrogens is 1. The van der Waals surface area contributed by atoms with Gasteiger partial charge in [-0.05, 0) is 31.2 Å². The molecule has 1 unspecified atom stereocenters. The zero-order chi connectivity index (χ0) is 18.4. The molecule has 8 heteroatoms. The Balaban J connectivity index is 1.42. The molecular formula is C18H23N5O3. The summed E-state index contributed by atoms with van der Waals surface area (Å²) >= 11 is 0. The molecule has 3 heterocycles. The summed E-state index contributed by atoms with van der Waals surface area (Å²) in [5.41, 5.74) is 0. The van der Waals surface area contributed by atoms with Crippen LogP contribution in [0.25, 0.3) is 0 Å². The normalized spacial score (nSPS) is 15.4. The lowest BCUT2D eigenvalue weighted by Gasteiger charge is -2.35. The van der Waals surface area contributed by atoms with Crippen LogP contribution in [-0.2, 0) is 11.3 Å². The molecule has 8 nitrogen and oxygen atoms in total. The fraction of sp³-hybridized carbons (Fsp3) is 0.389. The number of furan rings is 1. The summed E-state index contributed by atoms with van der Waals surface area (Å²) in [5.74, 6) is 1.34. The van der Waals surface area contributed by atoms with Gasteiger partial charge in [-0.1, -0.05) is 6.07 Å². The fourth-order valence-corrected chi connectivity index (χ4v) is 2.76. The van der Waals surface area contributed by atoms with Crippen molar-refractivity contribution in [3.05, 3.63) is 48.6 Å². The molecule has 0 radical (unpaired) electrons. The van der Waals surface area contributed by atoms with E-state index in [0.717, 1.165) is 5.82 Å². The Hall–Kier alpha value is -3.03. The van der Waals surface area contributed by atoms with Gasteiger partial charge in [0.05, 0.1) is 12.8 Å². The van der Waals surface area contributed by atoms with Crippen molar-refractivity contribution < 1.29 is 14.0 Å². The minimum absolute atomic E-state index is 0.230. The number of piperazine rings is 1. The highest BCUT2D eigenvalue weighted by Crippen LogP contribution is 2.12. The van der Waals surface area contributed by atoms with Gasteiger partial charge in [0.2, 0.25) is 5.91 Å². The Labute approximate surface area is 152 Å². The molecule has 0 spiro atoms. The van der Waals surface area contributed by atoms with Crippen LogP contribution in [0.1, 0.15) is 12.7 Å². The third-order valence-electron chi connectivity index (χ3n) is 4.29. The number of pyridine rings is 1. The highest BCUT2D eigenvalue weighted by molar-refractivity contribution is 5.86. The number of hydrogen-bond acceptors (Lipinski definition) is 5. The van der Waals surface area contributed by atoms with Crippen LogP contribution in [0.4, 0.5) is 10.6 Å². The van der Waals surface area contributed by atoms with E-state index in [1.807, 2.05) is 18.2 Å². The molecule has 0 saturated carbocycles. The van der Waals surface area contributed by atoms with Crippen molar-refractivity contribution in [1.82, 2.24) is 20.5 Å². The fourth-order valence-electron chi connectivity index (χ4n) is 2.76. The van der Waals surface area contributed by atoms with E-state index in [-0.39, 0.29) is 11.9 Å². The van der Waals surface area contributed by atoms with Crippen LogP contribution in [0.15, 0.2) is 47.2 Å². The largest absolute Gasteiger partial charge is 0.467 e. The van der Waals surface area contributed by atoms with E-state index < -0.39 is 6.04 Å². The molecule has 1 aliphatic rings. The van der Waals surface area contributed by atoms with Gasteiger partial charge in [0.15, 0.2) is 0 Å². The van der Waals surface area contributed by atoms with E-state index in [1.54, 1.807) is 36.4 Å². The molecule has 3 amide bonds. The third-order valence-corrected chi connectivity index (χ3v) is 4.29. The lowest BCUT2D eigenvalue weighted by atomic mass is 10.3. The van der Waals surface area contributed by atoms with Crippen molar-refractivity contribution in [2.75, 3.05) is 31.1 Å². The Kier molecular flexibility index (Phi) is 5.73. The Morgan fingerprint density at radius 2 is 2.00 bits per heavy atom. The monoisotopic (exact) mass is 357 g/mol. The van der Waals surface area contributed by atoms with Crippen LogP contribution < -0.4 is 15.5 Å². The Morgan fingerprint density at radius 3 is 2.65 bits per heavy atom. The lowest BCUT2D eigenvalue weighted by Crippen LogP contribution is -2.55. The van der Waals surface area contributed by atoms with Crippen molar-refractivity contribution in [1.29, 1.82) is 0 Å². The first-order valence-corrected chi connectivity index (χ1v) is 8.65. The third kappa shape index (κ3) is 4.53. The molecule has 26 heavy (non-hydrogen) atoms. The summed E-state index contributed by atoms with van der Waals surface area (Å²) in [6.07, 6.45) is 3.31. The second kappa shape index (κ2) is 8.37. The van der Waals surface area contributed by atoms with Crippen LogP contribution in [-0.4, -0.2) is 54.0 Å². The average Bonchev–Trinajstić information content (AvgIpc) is 3.20. The maximum Gasteiger partial charge on any atom is 0.318 e. The van der Waals surface area contributed by atoms with Gasteiger partial charge in [0.1, 0.15) is 17.6 Å². The number of anilines is 1. The summed E-state index contributed by atoms with van der Waals surface area (Å²) < 4.78 is 5.17. The molecule has 2 aromatic rings. The van der Waals surface area contributed by atoms with Crippen LogP contribution in [0.3, 0.4) is 0 Å². The zero-order valence-corrected chi connectivity index (χ0v) is 14.7. The van der Waals surface area contributed by atoms with E-state index >= 15 is 0 Å². The molecule has 0 bridgehead atoms. The summed E-state index contributed by atoms with van der Waals surface area (Å²) in [5, 5.41) is 5.48. The maximum atomic E-state index is 12.4. The predicted molar refractivity (Wildman–Crippen MR) is 96.6 cm³/mol. The number of nitrogens with zero attached hydrogens (tertiary/aromatic N) is 3. The number of nitrogens with one attached hydrogen (secondary N) is 2. The van der Waals surface area contributed by atoms with Gasteiger partial charge in [-0.3, -0.25) is 4.79 Å². The first-order valence-electron chi connectivity index (χ1n) is 8.65. The number of rotatable bonds is 5. The number of carbonyl (C=O) groups excluding carboxylic acids is 2. The number of hydrogen-bond donors (Lipinski definition) is 2. The molecule has 138 valence electrons. The quantitative estimate of drug-likeness (QED) is 0.839. The average molecular weight is 357 g/mol. The van der Waals surface area contributed by atoms with Crippen molar-refractivity contribution in [2.45, 2.75) is 19.5 Å². The molecule has 3 rings (SSSR count). The summed E-state index contributed by atoms with van der Waals surface area (Å²) in [7, 11) is 0. The standard InChI is InChI=1S/C18H23N5O3/c1-14(17(24)20-13-15-5-4-12-26-15)21-18(25)23-10-8-22(9-11-23)16-6-2-3-7-19-16/h2-7,12,14H,8-11,13H2,1H3,(H,20,24)(H,21,25). The van der Waals surface area contributed by atoms with Gasteiger partial charge < -0.3 is 24.9 Å². The molecule has 1 atom stereocenters. The maximum absolute atomic E-state index is 12.4. The van der Waals surface area contributed by atoms with Gasteiger partial charge in [-0.2, -0.15) is 0 Å². The number of urea groups is 1. The van der Waals surface area contributed by atoms with Crippen LogP contribution >= 0.6 is 0 Å². The van der Waals surface area contributed by atoms with Gasteiger partial charge in [-0.25, -0.2) is 9.78 Å². The highest BCUT2D eigenvalue weighted by atomic mass is 16.3.